The van der Waals surface area contributed by atoms with Crippen molar-refractivity contribution in [2.75, 3.05) is 24.5 Å². The number of tetrazole rings is 1. The number of hydrogen-bond donors (Lipinski definition) is 1. The summed E-state index contributed by atoms with van der Waals surface area (Å²) < 4.78 is 28.6. The van der Waals surface area contributed by atoms with E-state index in [4.69, 9.17) is 0 Å². The van der Waals surface area contributed by atoms with Crippen molar-refractivity contribution in [3.8, 4) is 5.75 Å². The average Bonchev–Trinajstić information content (AvgIpc) is 3.16. The molecule has 32 heavy (non-hydrogen) atoms. The summed E-state index contributed by atoms with van der Waals surface area (Å²) in [5.41, 5.74) is 0.497. The first-order valence-corrected chi connectivity index (χ1v) is 12.1. The van der Waals surface area contributed by atoms with E-state index in [2.05, 4.69) is 22.1 Å². The van der Waals surface area contributed by atoms with Gasteiger partial charge in [0.15, 0.2) is 0 Å². The normalized spacial score (nSPS) is 11.8. The molecule has 0 saturated carbocycles. The number of phenolic OH excluding ortho intramolecular Hbond substituents is 1. The van der Waals surface area contributed by atoms with E-state index in [9.17, 15) is 18.3 Å². The van der Waals surface area contributed by atoms with E-state index in [0.717, 1.165) is 11.8 Å². The fourth-order valence-corrected chi connectivity index (χ4v) is 5.53. The van der Waals surface area contributed by atoms with Gasteiger partial charge in [-0.3, -0.25) is 9.69 Å². The number of fused-ring (bicyclic) bond motifs is 1. The number of carbonyl (C=O) groups is 1. The second kappa shape index (κ2) is 9.67. The highest BCUT2D eigenvalue weighted by atomic mass is 32.2. The maximum Gasteiger partial charge on any atom is 0.294 e. The highest BCUT2D eigenvalue weighted by Gasteiger charge is 2.27. The molecule has 3 aromatic rings. The Kier molecular flexibility index (Phi) is 7.16. The van der Waals surface area contributed by atoms with Gasteiger partial charge in [-0.25, -0.2) is 13.1 Å². The molecule has 0 bridgehead atoms. The van der Waals surface area contributed by atoms with Crippen LogP contribution in [0.4, 0.5) is 10.5 Å². The molecule has 0 aliphatic rings. The Labute approximate surface area is 190 Å². The predicted molar refractivity (Wildman–Crippen MR) is 123 cm³/mol. The lowest BCUT2D eigenvalue weighted by molar-refractivity contribution is 0.265. The number of hydrogen-bond acceptors (Lipinski definition) is 8. The molecule has 1 amide bonds. The van der Waals surface area contributed by atoms with Crippen molar-refractivity contribution < 1.29 is 18.3 Å². The van der Waals surface area contributed by atoms with Gasteiger partial charge in [-0.15, -0.1) is 11.7 Å². The Morgan fingerprint density at radius 3 is 2.53 bits per heavy atom. The standard InChI is InChI=1S/C20H24N6O4S2/c1-5-13-26(20(28)31-19-21-22-23-24(19)4)16-10-8-9-15-14(16)11-12-17(18(15)27)32(29,30)25(6-2)7-3/h5,8-12,27H,1,6-7,13H2,2-4H3. The lowest BCUT2D eigenvalue weighted by atomic mass is 10.1. The molecule has 2 aromatic carbocycles. The number of benzene rings is 2. The number of nitrogens with zero attached hydrogens (tertiary/aromatic N) is 6. The number of anilines is 1. The van der Waals surface area contributed by atoms with Crippen LogP contribution in [-0.4, -0.2) is 62.9 Å². The second-order valence-corrected chi connectivity index (χ2v) is 9.55. The lowest BCUT2D eigenvalue weighted by Gasteiger charge is -2.23. The zero-order valence-corrected chi connectivity index (χ0v) is 19.6. The smallest absolute Gasteiger partial charge is 0.294 e. The van der Waals surface area contributed by atoms with Gasteiger partial charge in [0.25, 0.3) is 5.24 Å². The summed E-state index contributed by atoms with van der Waals surface area (Å²) in [4.78, 5) is 14.3. The van der Waals surface area contributed by atoms with E-state index in [-0.39, 0.29) is 35.5 Å². The molecule has 1 heterocycles. The first-order chi connectivity index (χ1) is 15.3. The number of amides is 1. The third-order valence-electron chi connectivity index (χ3n) is 4.88. The van der Waals surface area contributed by atoms with Crippen LogP contribution in [0.3, 0.4) is 0 Å². The second-order valence-electron chi connectivity index (χ2n) is 6.73. The summed E-state index contributed by atoms with van der Waals surface area (Å²) in [6, 6.07) is 7.95. The third kappa shape index (κ3) is 4.33. The number of carbonyl (C=O) groups excluding carboxylic acids is 1. The molecule has 0 saturated heterocycles. The van der Waals surface area contributed by atoms with E-state index in [1.165, 1.54) is 20.0 Å². The van der Waals surface area contributed by atoms with Crippen molar-refractivity contribution in [3.63, 3.8) is 0 Å². The molecule has 1 N–H and O–H groups in total. The van der Waals surface area contributed by atoms with Gasteiger partial charge in [0.1, 0.15) is 10.6 Å². The van der Waals surface area contributed by atoms with Crippen LogP contribution in [0.1, 0.15) is 13.8 Å². The minimum atomic E-state index is -3.86. The molecule has 0 radical (unpaired) electrons. The maximum absolute atomic E-state index is 13.0. The molecule has 0 fully saturated rings. The molecule has 0 spiro atoms. The minimum Gasteiger partial charge on any atom is -0.506 e. The Bertz CT molecular complexity index is 1250. The highest BCUT2D eigenvalue weighted by Crippen LogP contribution is 2.38. The molecule has 0 aliphatic heterocycles. The Balaban J connectivity index is 2.10. The molecule has 170 valence electrons. The van der Waals surface area contributed by atoms with E-state index in [1.54, 1.807) is 51.2 Å². The minimum absolute atomic E-state index is 0.174. The third-order valence-corrected chi connectivity index (χ3v) is 7.88. The number of phenols is 1. The van der Waals surface area contributed by atoms with Gasteiger partial charge in [0.05, 0.1) is 5.69 Å². The molecule has 3 rings (SSSR count). The number of thioether (sulfide) groups is 1. The SMILES string of the molecule is C=CCN(C(=O)Sc1nnnn1C)c1cccc2c(O)c(S(=O)(=O)N(CC)CC)ccc12. The number of sulfonamides is 1. The largest absolute Gasteiger partial charge is 0.506 e. The zero-order chi connectivity index (χ0) is 23.5. The Hall–Kier alpha value is -2.96. The number of aromatic nitrogens is 4. The number of aromatic hydroxyl groups is 1. The molecule has 1 aromatic heterocycles. The maximum atomic E-state index is 13.0. The van der Waals surface area contributed by atoms with E-state index in [1.807, 2.05) is 0 Å². The van der Waals surface area contributed by atoms with Gasteiger partial charge in [0, 0.05) is 49.2 Å². The molecule has 0 unspecified atom stereocenters. The molecule has 0 atom stereocenters. The van der Waals surface area contributed by atoms with Gasteiger partial charge in [-0.1, -0.05) is 38.1 Å². The first kappa shape index (κ1) is 23.7. The summed E-state index contributed by atoms with van der Waals surface area (Å²) in [7, 11) is -2.24. The van der Waals surface area contributed by atoms with Gasteiger partial charge in [0.2, 0.25) is 15.2 Å². The van der Waals surface area contributed by atoms with Crippen molar-refractivity contribution in [3.05, 3.63) is 43.0 Å². The van der Waals surface area contributed by atoms with Crippen molar-refractivity contribution >= 4 is 43.5 Å². The summed E-state index contributed by atoms with van der Waals surface area (Å²) >= 11 is 0.851. The Morgan fingerprint density at radius 2 is 1.94 bits per heavy atom. The van der Waals surface area contributed by atoms with Crippen LogP contribution in [0.25, 0.3) is 10.8 Å². The summed E-state index contributed by atoms with van der Waals surface area (Å²) in [5.74, 6) is -0.354. The van der Waals surface area contributed by atoms with Crippen molar-refractivity contribution in [1.82, 2.24) is 24.5 Å². The molecular weight excluding hydrogens is 452 g/mol. The van der Waals surface area contributed by atoms with E-state index in [0.29, 0.717) is 21.6 Å². The van der Waals surface area contributed by atoms with Gasteiger partial charge < -0.3 is 5.11 Å². The van der Waals surface area contributed by atoms with Crippen LogP contribution in [0.2, 0.25) is 0 Å². The van der Waals surface area contributed by atoms with Crippen LogP contribution in [-0.2, 0) is 17.1 Å². The zero-order valence-electron chi connectivity index (χ0n) is 18.0. The van der Waals surface area contributed by atoms with Crippen LogP contribution >= 0.6 is 11.8 Å². The monoisotopic (exact) mass is 476 g/mol. The average molecular weight is 477 g/mol. The molecular formula is C20H24N6O4S2. The molecule has 12 heteroatoms. The summed E-state index contributed by atoms with van der Waals surface area (Å²) in [5, 5.41) is 22.8. The summed E-state index contributed by atoms with van der Waals surface area (Å²) in [6.07, 6.45) is 1.57. The van der Waals surface area contributed by atoms with Crippen LogP contribution in [0.15, 0.2) is 53.0 Å². The Morgan fingerprint density at radius 1 is 1.22 bits per heavy atom. The fourth-order valence-electron chi connectivity index (χ4n) is 3.29. The van der Waals surface area contributed by atoms with Gasteiger partial charge >= 0.3 is 0 Å². The van der Waals surface area contributed by atoms with Crippen molar-refractivity contribution in [2.24, 2.45) is 7.05 Å². The predicted octanol–water partition coefficient (Wildman–Crippen LogP) is 3.00. The van der Waals surface area contributed by atoms with Crippen molar-refractivity contribution in [2.45, 2.75) is 23.9 Å². The number of aryl methyl sites for hydroxylation is 1. The lowest BCUT2D eigenvalue weighted by Crippen LogP contribution is -2.30. The van der Waals surface area contributed by atoms with E-state index < -0.39 is 10.0 Å². The highest BCUT2D eigenvalue weighted by molar-refractivity contribution is 8.13. The van der Waals surface area contributed by atoms with Crippen LogP contribution in [0.5, 0.6) is 5.75 Å². The van der Waals surface area contributed by atoms with Crippen LogP contribution < -0.4 is 4.90 Å². The van der Waals surface area contributed by atoms with Gasteiger partial charge in [-0.05, 0) is 22.6 Å². The van der Waals surface area contributed by atoms with Crippen LogP contribution in [0, 0.1) is 0 Å². The quantitative estimate of drug-likeness (QED) is 0.389. The summed E-state index contributed by atoms with van der Waals surface area (Å²) in [6.45, 7) is 7.95. The van der Waals surface area contributed by atoms with Gasteiger partial charge in [-0.2, -0.15) is 4.31 Å². The molecule has 0 aliphatic carbocycles. The first-order valence-electron chi connectivity index (χ1n) is 9.83. The van der Waals surface area contributed by atoms with Crippen molar-refractivity contribution in [1.29, 1.82) is 0 Å². The number of rotatable bonds is 8. The topological polar surface area (TPSA) is 122 Å². The molecule has 10 nitrogen and oxygen atoms in total. The fraction of sp³-hybridized carbons (Fsp3) is 0.300. The van der Waals surface area contributed by atoms with E-state index >= 15 is 0 Å².